The van der Waals surface area contributed by atoms with Crippen LogP contribution in [-0.4, -0.2) is 35.6 Å². The first kappa shape index (κ1) is 18.7. The molecule has 1 fully saturated rings. The van der Waals surface area contributed by atoms with E-state index in [0.29, 0.717) is 11.1 Å². The summed E-state index contributed by atoms with van der Waals surface area (Å²) in [5.41, 5.74) is 6.98. The molecule has 1 aromatic rings. The number of hydrazine groups is 1. The molecule has 2 rings (SSSR count). The molecule has 0 saturated carbocycles. The molecule has 3 atom stereocenters. The van der Waals surface area contributed by atoms with E-state index in [1.54, 1.807) is 24.3 Å². The van der Waals surface area contributed by atoms with Gasteiger partial charge in [0.25, 0.3) is 0 Å². The van der Waals surface area contributed by atoms with Crippen molar-refractivity contribution in [1.29, 1.82) is 0 Å². The topological polar surface area (TPSA) is 90.5 Å². The van der Waals surface area contributed by atoms with Crippen LogP contribution in [0, 0.1) is 0 Å². The van der Waals surface area contributed by atoms with Crippen LogP contribution in [0.15, 0.2) is 24.3 Å². The number of halogens is 1. The van der Waals surface area contributed by atoms with Crippen molar-refractivity contribution in [3.8, 4) is 0 Å². The molecule has 6 nitrogen and oxygen atoms in total. The molecular weight excluding hydrogens is 330 g/mol. The first-order valence-corrected chi connectivity index (χ1v) is 8.63. The average molecular weight is 354 g/mol. The molecule has 1 aliphatic heterocycles. The van der Waals surface area contributed by atoms with E-state index in [1.807, 2.05) is 0 Å². The van der Waals surface area contributed by atoms with Crippen molar-refractivity contribution in [3.05, 3.63) is 34.9 Å². The van der Waals surface area contributed by atoms with E-state index in [1.165, 1.54) is 0 Å². The predicted octanol–water partition coefficient (Wildman–Crippen LogP) is 2.05. The quantitative estimate of drug-likeness (QED) is 0.574. The van der Waals surface area contributed by atoms with Crippen LogP contribution in [0.25, 0.3) is 0 Å². The third kappa shape index (κ3) is 5.47. The van der Waals surface area contributed by atoms with Crippen LogP contribution in [-0.2, 0) is 9.59 Å². The first-order valence-electron chi connectivity index (χ1n) is 8.25. The smallest absolute Gasteiger partial charge is 0.304 e. The van der Waals surface area contributed by atoms with Crippen LogP contribution < -0.4 is 16.2 Å². The first-order chi connectivity index (χ1) is 11.5. The third-order valence-corrected chi connectivity index (χ3v) is 4.47. The lowest BCUT2D eigenvalue weighted by Crippen LogP contribution is -2.44. The molecule has 1 aliphatic rings. The van der Waals surface area contributed by atoms with Crippen molar-refractivity contribution in [2.75, 3.05) is 6.54 Å². The maximum atomic E-state index is 12.3. The number of hydrogen-bond donors (Lipinski definition) is 4. The molecule has 1 saturated heterocycles. The predicted molar refractivity (Wildman–Crippen MR) is 92.8 cm³/mol. The van der Waals surface area contributed by atoms with E-state index in [9.17, 15) is 9.59 Å². The van der Waals surface area contributed by atoms with Gasteiger partial charge in [0.1, 0.15) is 6.04 Å². The van der Waals surface area contributed by atoms with Gasteiger partial charge in [0.15, 0.2) is 0 Å². The lowest BCUT2D eigenvalue weighted by molar-refractivity contribution is -0.137. The Morgan fingerprint density at radius 1 is 1.33 bits per heavy atom. The number of rotatable bonds is 8. The minimum Gasteiger partial charge on any atom is -0.481 e. The summed E-state index contributed by atoms with van der Waals surface area (Å²) < 4.78 is 0. The zero-order valence-corrected chi connectivity index (χ0v) is 14.5. The Morgan fingerprint density at radius 2 is 2.04 bits per heavy atom. The highest BCUT2D eigenvalue weighted by molar-refractivity contribution is 6.30. The lowest BCUT2D eigenvalue weighted by atomic mass is 9.95. The highest BCUT2D eigenvalue weighted by Crippen LogP contribution is 2.21. The van der Waals surface area contributed by atoms with E-state index in [4.69, 9.17) is 16.7 Å². The molecule has 0 bridgehead atoms. The highest BCUT2D eigenvalue weighted by Gasteiger charge is 2.29. The Bertz CT molecular complexity index is 565. The number of carbonyl (C=O) groups is 2. The van der Waals surface area contributed by atoms with Crippen molar-refractivity contribution in [1.82, 2.24) is 16.2 Å². The summed E-state index contributed by atoms with van der Waals surface area (Å²) in [6.45, 7) is 2.39. The molecule has 0 aromatic heterocycles. The fraction of sp³-hybridized carbons (Fsp3) is 0.529. The Hall–Kier alpha value is -1.63. The molecular formula is C17H24ClN3O3. The Labute approximate surface area is 146 Å². The van der Waals surface area contributed by atoms with Crippen molar-refractivity contribution < 1.29 is 14.7 Å². The van der Waals surface area contributed by atoms with Crippen LogP contribution in [0.1, 0.15) is 44.1 Å². The number of hydrogen-bond acceptors (Lipinski definition) is 4. The molecule has 4 N–H and O–H groups in total. The van der Waals surface area contributed by atoms with Gasteiger partial charge in [0.2, 0.25) is 5.91 Å². The largest absolute Gasteiger partial charge is 0.481 e. The summed E-state index contributed by atoms with van der Waals surface area (Å²) in [6, 6.07) is 7.08. The number of benzene rings is 1. The van der Waals surface area contributed by atoms with Crippen LogP contribution in [0.3, 0.4) is 0 Å². The molecule has 0 spiro atoms. The highest BCUT2D eigenvalue weighted by atomic mass is 35.5. The SMILES string of the molecule is CCCC1CC(C(=O)NCC(CC(=O)O)c2ccc(Cl)cc2)NN1. The summed E-state index contributed by atoms with van der Waals surface area (Å²) in [5.74, 6) is -1.29. The molecule has 1 amide bonds. The van der Waals surface area contributed by atoms with Crippen LogP contribution in [0.2, 0.25) is 5.02 Å². The monoisotopic (exact) mass is 353 g/mol. The fourth-order valence-corrected chi connectivity index (χ4v) is 3.06. The number of carboxylic acids is 1. The van der Waals surface area contributed by atoms with Gasteiger partial charge in [-0.2, -0.15) is 0 Å². The summed E-state index contributed by atoms with van der Waals surface area (Å²) in [5, 5.41) is 12.6. The van der Waals surface area contributed by atoms with Gasteiger partial charge >= 0.3 is 5.97 Å². The summed E-state index contributed by atoms with van der Waals surface area (Å²) >= 11 is 5.87. The summed E-state index contributed by atoms with van der Waals surface area (Å²) in [6.07, 6.45) is 2.77. The van der Waals surface area contributed by atoms with Crippen molar-refractivity contribution in [2.45, 2.75) is 50.6 Å². The number of carboxylic acid groups (broad SMARTS) is 1. The van der Waals surface area contributed by atoms with Crippen LogP contribution in [0.4, 0.5) is 0 Å². The van der Waals surface area contributed by atoms with Gasteiger partial charge in [-0.05, 0) is 30.5 Å². The van der Waals surface area contributed by atoms with Crippen LogP contribution >= 0.6 is 11.6 Å². The van der Waals surface area contributed by atoms with E-state index >= 15 is 0 Å². The number of aliphatic carboxylic acids is 1. The van der Waals surface area contributed by atoms with E-state index in [-0.39, 0.29) is 30.8 Å². The van der Waals surface area contributed by atoms with Gasteiger partial charge in [0, 0.05) is 23.5 Å². The zero-order chi connectivity index (χ0) is 17.5. The molecule has 0 radical (unpaired) electrons. The van der Waals surface area contributed by atoms with E-state index < -0.39 is 5.97 Å². The fourth-order valence-electron chi connectivity index (χ4n) is 2.93. The molecule has 132 valence electrons. The van der Waals surface area contributed by atoms with E-state index in [2.05, 4.69) is 23.1 Å². The maximum absolute atomic E-state index is 12.3. The Kier molecular flexibility index (Phi) is 7.02. The second-order valence-electron chi connectivity index (χ2n) is 6.15. The second-order valence-corrected chi connectivity index (χ2v) is 6.59. The van der Waals surface area contributed by atoms with Gasteiger partial charge in [-0.3, -0.25) is 15.0 Å². The van der Waals surface area contributed by atoms with Gasteiger partial charge < -0.3 is 10.4 Å². The number of carbonyl (C=O) groups excluding carboxylic acids is 1. The van der Waals surface area contributed by atoms with Crippen LogP contribution in [0.5, 0.6) is 0 Å². The molecule has 3 unspecified atom stereocenters. The maximum Gasteiger partial charge on any atom is 0.304 e. The van der Waals surface area contributed by atoms with Gasteiger partial charge in [-0.1, -0.05) is 37.1 Å². The lowest BCUT2D eigenvalue weighted by Gasteiger charge is -2.18. The number of amides is 1. The molecule has 0 aliphatic carbocycles. The minimum absolute atomic E-state index is 0.0449. The number of nitrogens with one attached hydrogen (secondary N) is 3. The summed E-state index contributed by atoms with van der Waals surface area (Å²) in [7, 11) is 0. The molecule has 1 aromatic carbocycles. The van der Waals surface area contributed by atoms with Crippen molar-refractivity contribution in [3.63, 3.8) is 0 Å². The Balaban J connectivity index is 1.91. The molecule has 24 heavy (non-hydrogen) atoms. The van der Waals surface area contributed by atoms with Gasteiger partial charge in [-0.15, -0.1) is 0 Å². The van der Waals surface area contributed by atoms with Gasteiger partial charge in [-0.25, -0.2) is 5.43 Å². The second kappa shape index (κ2) is 9.01. The third-order valence-electron chi connectivity index (χ3n) is 4.22. The standard InChI is InChI=1S/C17H24ClN3O3/c1-2-3-14-9-15(21-20-14)17(24)19-10-12(8-16(22)23)11-4-6-13(18)7-5-11/h4-7,12,14-15,20-21H,2-3,8-10H2,1H3,(H,19,24)(H,22,23). The van der Waals surface area contributed by atoms with E-state index in [0.717, 1.165) is 24.8 Å². The molecule has 1 heterocycles. The summed E-state index contributed by atoms with van der Waals surface area (Å²) in [4.78, 5) is 23.4. The average Bonchev–Trinajstić information content (AvgIpc) is 3.01. The Morgan fingerprint density at radius 3 is 2.67 bits per heavy atom. The van der Waals surface area contributed by atoms with Gasteiger partial charge in [0.05, 0.1) is 6.42 Å². The normalized spacial score (nSPS) is 21.4. The minimum atomic E-state index is -0.895. The van der Waals surface area contributed by atoms with Crippen molar-refractivity contribution in [2.24, 2.45) is 0 Å². The zero-order valence-electron chi connectivity index (χ0n) is 13.7. The van der Waals surface area contributed by atoms with Crippen molar-refractivity contribution >= 4 is 23.5 Å². The molecule has 7 heteroatoms.